The van der Waals surface area contributed by atoms with Gasteiger partial charge in [-0.2, -0.15) is 0 Å². The zero-order valence-electron chi connectivity index (χ0n) is 12.0. The van der Waals surface area contributed by atoms with Crippen LogP contribution in [0, 0.1) is 0 Å². The number of aromatic carboxylic acids is 3. The van der Waals surface area contributed by atoms with E-state index >= 15 is 0 Å². The summed E-state index contributed by atoms with van der Waals surface area (Å²) in [5, 5.41) is 27.0. The largest absolute Gasteiger partial charge is 0.478 e. The highest BCUT2D eigenvalue weighted by Crippen LogP contribution is 2.35. The van der Waals surface area contributed by atoms with Gasteiger partial charge >= 0.3 is 17.9 Å². The van der Waals surface area contributed by atoms with Crippen molar-refractivity contribution < 1.29 is 34.4 Å². The number of hydrogen-bond donors (Lipinski definition) is 5. The van der Waals surface area contributed by atoms with Gasteiger partial charge in [0.05, 0.1) is 28.1 Å². The van der Waals surface area contributed by atoms with Crippen molar-refractivity contribution in [2.24, 2.45) is 0 Å². The van der Waals surface area contributed by atoms with Crippen LogP contribution in [0.3, 0.4) is 0 Å². The highest BCUT2D eigenvalue weighted by atomic mass is 16.5. The Bertz CT molecular complexity index is 806. The third kappa shape index (κ3) is 3.35. The average molecular weight is 332 g/mol. The first-order valence-electron chi connectivity index (χ1n) is 6.41. The summed E-state index contributed by atoms with van der Waals surface area (Å²) >= 11 is 0. The number of carboxylic acid groups (broad SMARTS) is 3. The van der Waals surface area contributed by atoms with Gasteiger partial charge in [0.15, 0.2) is 5.75 Å². The molecule has 0 aliphatic heterocycles. The van der Waals surface area contributed by atoms with Crippen molar-refractivity contribution >= 4 is 29.3 Å². The van der Waals surface area contributed by atoms with Crippen LogP contribution in [-0.4, -0.2) is 33.2 Å². The second-order valence-corrected chi connectivity index (χ2v) is 4.75. The second-order valence-electron chi connectivity index (χ2n) is 4.75. The zero-order valence-corrected chi connectivity index (χ0v) is 12.0. The van der Waals surface area contributed by atoms with Gasteiger partial charge in [-0.1, -0.05) is 0 Å². The van der Waals surface area contributed by atoms with E-state index < -0.39 is 17.9 Å². The molecular formula is C15H12N2O7. The summed E-state index contributed by atoms with van der Waals surface area (Å²) < 4.78 is 5.39. The van der Waals surface area contributed by atoms with Gasteiger partial charge in [-0.05, 0) is 30.3 Å². The minimum atomic E-state index is -1.34. The highest BCUT2D eigenvalue weighted by molar-refractivity contribution is 5.95. The molecular weight excluding hydrogens is 320 g/mol. The first kappa shape index (κ1) is 16.6. The molecule has 0 spiro atoms. The standard InChI is InChI=1S/C15H12N2O7/c16-10-4-8(15(22)23)5-11(17)12(10)24-9-2-6(13(18)19)1-7(3-9)14(20)21/h1-5H,16-17H2,(H,18,19)(H,20,21)(H,22,23). The molecule has 0 aliphatic carbocycles. The molecule has 2 aromatic rings. The fourth-order valence-electron chi connectivity index (χ4n) is 1.94. The Hall–Kier alpha value is -3.75. The van der Waals surface area contributed by atoms with Gasteiger partial charge in [-0.15, -0.1) is 0 Å². The van der Waals surface area contributed by atoms with Crippen LogP contribution in [0.5, 0.6) is 11.5 Å². The van der Waals surface area contributed by atoms with Gasteiger partial charge < -0.3 is 31.5 Å². The summed E-state index contributed by atoms with van der Waals surface area (Å²) in [4.78, 5) is 33.1. The number of nitrogens with two attached hydrogens (primary N) is 2. The molecule has 0 fully saturated rings. The van der Waals surface area contributed by atoms with Crippen molar-refractivity contribution in [3.63, 3.8) is 0 Å². The van der Waals surface area contributed by atoms with Crippen LogP contribution in [0.1, 0.15) is 31.1 Å². The quantitative estimate of drug-likeness (QED) is 0.511. The Balaban J connectivity index is 2.50. The lowest BCUT2D eigenvalue weighted by Gasteiger charge is -2.13. The van der Waals surface area contributed by atoms with Crippen molar-refractivity contribution in [3.05, 3.63) is 47.0 Å². The first-order chi connectivity index (χ1) is 11.2. The molecule has 0 aliphatic rings. The molecule has 7 N–H and O–H groups in total. The first-order valence-corrected chi connectivity index (χ1v) is 6.41. The average Bonchev–Trinajstić information content (AvgIpc) is 2.50. The summed E-state index contributed by atoms with van der Waals surface area (Å²) in [5.74, 6) is -4.14. The summed E-state index contributed by atoms with van der Waals surface area (Å²) in [6, 6.07) is 5.40. The van der Waals surface area contributed by atoms with Crippen LogP contribution in [-0.2, 0) is 0 Å². The predicted molar refractivity (Wildman–Crippen MR) is 82.7 cm³/mol. The van der Waals surface area contributed by atoms with E-state index in [9.17, 15) is 14.4 Å². The number of rotatable bonds is 5. The van der Waals surface area contributed by atoms with Crippen LogP contribution in [0.4, 0.5) is 11.4 Å². The van der Waals surface area contributed by atoms with Crippen LogP contribution in [0.25, 0.3) is 0 Å². The molecule has 9 nitrogen and oxygen atoms in total. The van der Waals surface area contributed by atoms with E-state index in [0.717, 1.165) is 30.3 Å². The lowest BCUT2D eigenvalue weighted by Crippen LogP contribution is -2.05. The molecule has 0 unspecified atom stereocenters. The van der Waals surface area contributed by atoms with Crippen molar-refractivity contribution in [3.8, 4) is 11.5 Å². The van der Waals surface area contributed by atoms with E-state index in [2.05, 4.69) is 0 Å². The highest BCUT2D eigenvalue weighted by Gasteiger charge is 2.16. The maximum Gasteiger partial charge on any atom is 0.335 e. The minimum Gasteiger partial charge on any atom is -0.478 e. The Kier molecular flexibility index (Phi) is 4.27. The number of nitrogen functional groups attached to an aromatic ring is 2. The Morgan fingerprint density at radius 1 is 0.708 bits per heavy atom. The molecule has 124 valence electrons. The number of carboxylic acids is 3. The molecule has 0 atom stereocenters. The van der Waals surface area contributed by atoms with Crippen LogP contribution in [0.2, 0.25) is 0 Å². The van der Waals surface area contributed by atoms with Crippen LogP contribution in [0.15, 0.2) is 30.3 Å². The summed E-state index contributed by atoms with van der Waals surface area (Å²) in [7, 11) is 0. The molecule has 0 saturated heterocycles. The normalized spacial score (nSPS) is 10.2. The summed E-state index contributed by atoms with van der Waals surface area (Å²) in [5.41, 5.74) is 10.5. The third-order valence-corrected chi connectivity index (χ3v) is 3.01. The topological polar surface area (TPSA) is 173 Å². The molecule has 0 heterocycles. The van der Waals surface area contributed by atoms with E-state index in [0.29, 0.717) is 0 Å². The van der Waals surface area contributed by atoms with Gasteiger partial charge in [0.1, 0.15) is 5.75 Å². The van der Waals surface area contributed by atoms with E-state index in [1.54, 1.807) is 0 Å². The number of benzene rings is 2. The van der Waals surface area contributed by atoms with Crippen molar-refractivity contribution in [1.29, 1.82) is 0 Å². The number of carbonyl (C=O) groups is 3. The third-order valence-electron chi connectivity index (χ3n) is 3.01. The molecule has 9 heteroatoms. The minimum absolute atomic E-state index is 0.0926. The number of ether oxygens (including phenoxy) is 1. The molecule has 2 aromatic carbocycles. The number of hydrogen-bond acceptors (Lipinski definition) is 6. The Morgan fingerprint density at radius 2 is 1.08 bits per heavy atom. The maximum absolute atomic E-state index is 11.1. The molecule has 24 heavy (non-hydrogen) atoms. The zero-order chi connectivity index (χ0) is 18.0. The number of anilines is 2. The summed E-state index contributed by atoms with van der Waals surface area (Å²) in [6.07, 6.45) is 0. The SMILES string of the molecule is Nc1cc(C(=O)O)cc(N)c1Oc1cc(C(=O)O)cc(C(=O)O)c1. The second kappa shape index (κ2) is 6.16. The lowest BCUT2D eigenvalue weighted by molar-refractivity contribution is 0.0681. The predicted octanol–water partition coefficient (Wildman–Crippen LogP) is 1.74. The van der Waals surface area contributed by atoms with Crippen LogP contribution >= 0.6 is 0 Å². The molecule has 0 bridgehead atoms. The van der Waals surface area contributed by atoms with E-state index in [4.69, 9.17) is 31.5 Å². The Morgan fingerprint density at radius 3 is 1.46 bits per heavy atom. The van der Waals surface area contributed by atoms with Gasteiger partial charge in [0, 0.05) is 0 Å². The van der Waals surface area contributed by atoms with E-state index in [1.165, 1.54) is 0 Å². The maximum atomic E-state index is 11.1. The van der Waals surface area contributed by atoms with Crippen LogP contribution < -0.4 is 16.2 Å². The summed E-state index contributed by atoms with van der Waals surface area (Å²) in [6.45, 7) is 0. The molecule has 0 radical (unpaired) electrons. The van der Waals surface area contributed by atoms with Crippen molar-refractivity contribution in [1.82, 2.24) is 0 Å². The van der Waals surface area contributed by atoms with Gasteiger partial charge in [0.2, 0.25) is 0 Å². The van der Waals surface area contributed by atoms with E-state index in [-0.39, 0.29) is 39.6 Å². The lowest BCUT2D eigenvalue weighted by atomic mass is 10.1. The smallest absolute Gasteiger partial charge is 0.335 e. The molecule has 0 amide bonds. The monoisotopic (exact) mass is 332 g/mol. The Labute approximate surface area is 134 Å². The molecule has 0 aromatic heterocycles. The van der Waals surface area contributed by atoms with Gasteiger partial charge in [0.25, 0.3) is 0 Å². The fraction of sp³-hybridized carbons (Fsp3) is 0. The van der Waals surface area contributed by atoms with Crippen molar-refractivity contribution in [2.45, 2.75) is 0 Å². The molecule has 0 saturated carbocycles. The van der Waals surface area contributed by atoms with Gasteiger partial charge in [-0.3, -0.25) is 0 Å². The van der Waals surface area contributed by atoms with Gasteiger partial charge in [-0.25, -0.2) is 14.4 Å². The van der Waals surface area contributed by atoms with Crippen molar-refractivity contribution in [2.75, 3.05) is 11.5 Å². The van der Waals surface area contributed by atoms with E-state index in [1.807, 2.05) is 0 Å². The fourth-order valence-corrected chi connectivity index (χ4v) is 1.94. The molecule has 2 rings (SSSR count).